The third-order valence-corrected chi connectivity index (χ3v) is 4.77. The van der Waals surface area contributed by atoms with E-state index >= 15 is 0 Å². The van der Waals surface area contributed by atoms with Crippen LogP contribution in [0.15, 0.2) is 79.0 Å². The van der Waals surface area contributed by atoms with Crippen LogP contribution in [-0.2, 0) is 0 Å². The highest BCUT2D eigenvalue weighted by Crippen LogP contribution is 2.28. The molecule has 0 fully saturated rings. The lowest BCUT2D eigenvalue weighted by Crippen LogP contribution is -2.01. The van der Waals surface area contributed by atoms with E-state index in [0.29, 0.717) is 5.82 Å². The molecule has 0 saturated heterocycles. The number of halogens is 1. The maximum Gasteiger partial charge on any atom is 0.162 e. The standard InChI is InChI=1S/C23H16FN3/c1-15-6-8-16(9-7-15)22-25-20-5-3-2-4-19(20)23(26-22)27-13-12-17-14-18(24)10-11-21(17)27/h2-14H,1H3. The van der Waals surface area contributed by atoms with Crippen molar-refractivity contribution in [2.75, 3.05) is 0 Å². The smallest absolute Gasteiger partial charge is 0.162 e. The van der Waals surface area contributed by atoms with Gasteiger partial charge in [0.15, 0.2) is 5.82 Å². The topological polar surface area (TPSA) is 30.7 Å². The Morgan fingerprint density at radius 2 is 1.67 bits per heavy atom. The van der Waals surface area contributed by atoms with Crippen LogP contribution in [0.25, 0.3) is 39.0 Å². The summed E-state index contributed by atoms with van der Waals surface area (Å²) in [7, 11) is 0. The minimum absolute atomic E-state index is 0.242. The summed E-state index contributed by atoms with van der Waals surface area (Å²) in [6.07, 6.45) is 1.93. The van der Waals surface area contributed by atoms with E-state index < -0.39 is 0 Å². The van der Waals surface area contributed by atoms with E-state index in [4.69, 9.17) is 9.97 Å². The second-order valence-corrected chi connectivity index (χ2v) is 6.64. The maximum absolute atomic E-state index is 13.6. The first-order valence-corrected chi connectivity index (χ1v) is 8.80. The normalized spacial score (nSPS) is 11.3. The van der Waals surface area contributed by atoms with Gasteiger partial charge in [-0.2, -0.15) is 0 Å². The molecule has 0 amide bonds. The van der Waals surface area contributed by atoms with Crippen LogP contribution in [0.3, 0.4) is 0 Å². The molecule has 0 radical (unpaired) electrons. The van der Waals surface area contributed by atoms with Crippen molar-refractivity contribution >= 4 is 21.8 Å². The molecule has 0 atom stereocenters. The van der Waals surface area contributed by atoms with Crippen LogP contribution in [0.5, 0.6) is 0 Å². The van der Waals surface area contributed by atoms with Gasteiger partial charge in [-0.05, 0) is 43.3 Å². The number of benzene rings is 3. The largest absolute Gasteiger partial charge is 0.301 e. The highest BCUT2D eigenvalue weighted by molar-refractivity contribution is 5.90. The lowest BCUT2D eigenvalue weighted by molar-refractivity contribution is 0.629. The van der Waals surface area contributed by atoms with Gasteiger partial charge >= 0.3 is 0 Å². The van der Waals surface area contributed by atoms with Gasteiger partial charge in [0.2, 0.25) is 0 Å². The molecular weight excluding hydrogens is 337 g/mol. The molecule has 130 valence electrons. The molecule has 0 saturated carbocycles. The summed E-state index contributed by atoms with van der Waals surface area (Å²) in [5.41, 5.74) is 3.95. The van der Waals surface area contributed by atoms with Crippen LogP contribution in [0.2, 0.25) is 0 Å². The van der Waals surface area contributed by atoms with Crippen molar-refractivity contribution in [3.63, 3.8) is 0 Å². The highest BCUT2D eigenvalue weighted by Gasteiger charge is 2.13. The zero-order chi connectivity index (χ0) is 18.4. The van der Waals surface area contributed by atoms with Gasteiger partial charge in [0.1, 0.15) is 11.6 Å². The Balaban J connectivity index is 1.81. The van der Waals surface area contributed by atoms with E-state index in [-0.39, 0.29) is 5.82 Å². The number of nitrogens with zero attached hydrogens (tertiary/aromatic N) is 3. The number of aromatic nitrogens is 3. The fraction of sp³-hybridized carbons (Fsp3) is 0.0435. The highest BCUT2D eigenvalue weighted by atomic mass is 19.1. The van der Waals surface area contributed by atoms with Gasteiger partial charge in [-0.25, -0.2) is 14.4 Å². The Morgan fingerprint density at radius 1 is 0.852 bits per heavy atom. The van der Waals surface area contributed by atoms with Crippen molar-refractivity contribution in [2.24, 2.45) is 0 Å². The zero-order valence-electron chi connectivity index (χ0n) is 14.7. The maximum atomic E-state index is 13.6. The van der Waals surface area contributed by atoms with E-state index in [1.165, 1.54) is 17.7 Å². The molecule has 0 aliphatic heterocycles. The third kappa shape index (κ3) is 2.66. The third-order valence-electron chi connectivity index (χ3n) is 4.77. The fourth-order valence-electron chi connectivity index (χ4n) is 3.37. The summed E-state index contributed by atoms with van der Waals surface area (Å²) < 4.78 is 15.6. The first-order chi connectivity index (χ1) is 13.2. The molecule has 3 nitrogen and oxygen atoms in total. The molecule has 0 bridgehead atoms. The number of aryl methyl sites for hydroxylation is 1. The first kappa shape index (κ1) is 15.7. The number of rotatable bonds is 2. The van der Waals surface area contributed by atoms with Crippen LogP contribution in [0.1, 0.15) is 5.56 Å². The molecule has 0 N–H and O–H groups in total. The summed E-state index contributed by atoms with van der Waals surface area (Å²) in [6, 6.07) is 22.8. The monoisotopic (exact) mass is 353 g/mol. The van der Waals surface area contributed by atoms with Crippen molar-refractivity contribution in [3.05, 3.63) is 90.4 Å². The molecule has 0 aliphatic rings. The minimum Gasteiger partial charge on any atom is -0.301 e. The first-order valence-electron chi connectivity index (χ1n) is 8.80. The van der Waals surface area contributed by atoms with Gasteiger partial charge in [-0.1, -0.05) is 42.0 Å². The number of fused-ring (bicyclic) bond motifs is 2. The van der Waals surface area contributed by atoms with Gasteiger partial charge in [0, 0.05) is 22.5 Å². The van der Waals surface area contributed by atoms with Crippen LogP contribution in [-0.4, -0.2) is 14.5 Å². The molecule has 0 unspecified atom stereocenters. The molecule has 5 rings (SSSR count). The van der Waals surface area contributed by atoms with Gasteiger partial charge in [0.05, 0.1) is 11.0 Å². The SMILES string of the molecule is Cc1ccc(-c2nc(-n3ccc4cc(F)ccc43)c3ccccc3n2)cc1. The van der Waals surface area contributed by atoms with Crippen molar-refractivity contribution < 1.29 is 4.39 Å². The van der Waals surface area contributed by atoms with E-state index in [9.17, 15) is 4.39 Å². The summed E-state index contributed by atoms with van der Waals surface area (Å²) in [5, 5.41) is 1.80. The van der Waals surface area contributed by atoms with E-state index in [2.05, 4.69) is 19.1 Å². The summed E-state index contributed by atoms with van der Waals surface area (Å²) in [4.78, 5) is 9.63. The minimum atomic E-state index is -0.242. The van der Waals surface area contributed by atoms with Crippen molar-refractivity contribution in [1.82, 2.24) is 14.5 Å². The number of para-hydroxylation sites is 1. The molecule has 3 aromatic carbocycles. The Labute approximate surface area is 155 Å². The molecule has 4 heteroatoms. The second kappa shape index (κ2) is 6.02. The number of hydrogen-bond acceptors (Lipinski definition) is 2. The van der Waals surface area contributed by atoms with Crippen molar-refractivity contribution in [1.29, 1.82) is 0 Å². The number of hydrogen-bond donors (Lipinski definition) is 0. The average molecular weight is 353 g/mol. The van der Waals surface area contributed by atoms with Gasteiger partial charge in [0.25, 0.3) is 0 Å². The Bertz CT molecular complexity index is 1290. The molecule has 27 heavy (non-hydrogen) atoms. The lowest BCUT2D eigenvalue weighted by Gasteiger charge is -2.11. The molecule has 2 heterocycles. The second-order valence-electron chi connectivity index (χ2n) is 6.64. The predicted octanol–water partition coefficient (Wildman–Crippen LogP) is 5.69. The van der Waals surface area contributed by atoms with Crippen LogP contribution in [0.4, 0.5) is 4.39 Å². The molecule has 0 spiro atoms. The quantitative estimate of drug-likeness (QED) is 0.408. The summed E-state index contributed by atoms with van der Waals surface area (Å²) >= 11 is 0. The van der Waals surface area contributed by atoms with E-state index in [1.807, 2.05) is 53.2 Å². The van der Waals surface area contributed by atoms with Gasteiger partial charge < -0.3 is 4.57 Å². The lowest BCUT2D eigenvalue weighted by atomic mass is 10.1. The molecular formula is C23H16FN3. The molecule has 0 aliphatic carbocycles. The molecule has 2 aromatic heterocycles. The Kier molecular flexibility index (Phi) is 3.50. The summed E-state index contributed by atoms with van der Waals surface area (Å²) in [6.45, 7) is 2.06. The fourth-order valence-corrected chi connectivity index (χ4v) is 3.37. The van der Waals surface area contributed by atoms with Crippen molar-refractivity contribution in [2.45, 2.75) is 6.92 Å². The van der Waals surface area contributed by atoms with Gasteiger partial charge in [-0.3, -0.25) is 0 Å². The molecule has 5 aromatic rings. The van der Waals surface area contributed by atoms with Crippen LogP contribution < -0.4 is 0 Å². The van der Waals surface area contributed by atoms with Crippen LogP contribution in [0, 0.1) is 12.7 Å². The van der Waals surface area contributed by atoms with E-state index in [0.717, 1.165) is 33.2 Å². The van der Waals surface area contributed by atoms with Crippen LogP contribution >= 0.6 is 0 Å². The average Bonchev–Trinajstić information content (AvgIpc) is 3.10. The summed E-state index contributed by atoms with van der Waals surface area (Å²) in [5.74, 6) is 1.22. The van der Waals surface area contributed by atoms with Crippen molar-refractivity contribution in [3.8, 4) is 17.2 Å². The predicted molar refractivity (Wildman–Crippen MR) is 107 cm³/mol. The van der Waals surface area contributed by atoms with Gasteiger partial charge in [-0.15, -0.1) is 0 Å². The Hall–Kier alpha value is -3.53. The van der Waals surface area contributed by atoms with E-state index in [1.54, 1.807) is 6.07 Å². The Morgan fingerprint density at radius 3 is 2.52 bits per heavy atom. The zero-order valence-corrected chi connectivity index (χ0v) is 14.7.